The van der Waals surface area contributed by atoms with Gasteiger partial charge in [0.25, 0.3) is 0 Å². The predicted octanol–water partition coefficient (Wildman–Crippen LogP) is 4.01. The summed E-state index contributed by atoms with van der Waals surface area (Å²) in [5.74, 6) is 0. The van der Waals surface area contributed by atoms with Crippen LogP contribution in [0.4, 0.5) is 0 Å². The van der Waals surface area contributed by atoms with Crippen LogP contribution in [0.5, 0.6) is 0 Å². The van der Waals surface area contributed by atoms with E-state index in [2.05, 4.69) is 67.6 Å². The Labute approximate surface area is 98.5 Å². The molecule has 80 valence electrons. The van der Waals surface area contributed by atoms with Gasteiger partial charge in [-0.05, 0) is 16.8 Å². The Balaban J connectivity index is 2.10. The lowest BCUT2D eigenvalue weighted by molar-refractivity contribution is 0.832. The molecule has 0 aromatic heterocycles. The lowest BCUT2D eigenvalue weighted by Crippen LogP contribution is -2.12. The zero-order chi connectivity index (χ0) is 11.0. The van der Waals surface area contributed by atoms with Crippen LogP contribution in [0, 0.1) is 0 Å². The highest BCUT2D eigenvalue weighted by atomic mass is 31.1. The normalized spacial score (nSPS) is 23.2. The predicted molar refractivity (Wildman–Crippen MR) is 71.4 cm³/mol. The maximum absolute atomic E-state index is 2.36. The van der Waals surface area contributed by atoms with Crippen LogP contribution in [0.3, 0.4) is 0 Å². The summed E-state index contributed by atoms with van der Waals surface area (Å²) in [5.41, 5.74) is 3.75. The van der Waals surface area contributed by atoms with Crippen LogP contribution in [-0.2, 0) is 5.16 Å². The zero-order valence-corrected chi connectivity index (χ0v) is 10.4. The molecule has 2 aromatic rings. The standard InChI is InChI=1S/C15H15P/c1-12-15(16-12,13-8-4-2-5-9-13)14-10-6-3-7-11-14/h2-12,16H,1H3. The van der Waals surface area contributed by atoms with Gasteiger partial charge in [-0.2, -0.15) is 0 Å². The highest BCUT2D eigenvalue weighted by molar-refractivity contribution is 7.50. The second kappa shape index (κ2) is 3.71. The topological polar surface area (TPSA) is 0 Å². The van der Waals surface area contributed by atoms with E-state index in [0.717, 1.165) is 14.2 Å². The fourth-order valence-corrected chi connectivity index (χ4v) is 4.13. The van der Waals surface area contributed by atoms with Gasteiger partial charge in [-0.15, -0.1) is 8.58 Å². The molecule has 2 unspecified atom stereocenters. The van der Waals surface area contributed by atoms with Crippen molar-refractivity contribution in [1.82, 2.24) is 0 Å². The summed E-state index contributed by atoms with van der Waals surface area (Å²) in [7, 11) is 1.02. The maximum Gasteiger partial charge on any atom is 0.0438 e. The first-order valence-corrected chi connectivity index (χ1v) is 6.80. The van der Waals surface area contributed by atoms with Crippen molar-refractivity contribution in [2.45, 2.75) is 17.7 Å². The maximum atomic E-state index is 2.36. The van der Waals surface area contributed by atoms with Crippen molar-refractivity contribution in [3.05, 3.63) is 71.8 Å². The summed E-state index contributed by atoms with van der Waals surface area (Å²) >= 11 is 0. The summed E-state index contributed by atoms with van der Waals surface area (Å²) in [5, 5.41) is 0.322. The van der Waals surface area contributed by atoms with Crippen molar-refractivity contribution in [2.24, 2.45) is 0 Å². The average molecular weight is 226 g/mol. The third-order valence-corrected chi connectivity index (χ3v) is 5.49. The second-order valence-corrected chi connectivity index (χ2v) is 6.35. The third kappa shape index (κ3) is 1.41. The van der Waals surface area contributed by atoms with E-state index < -0.39 is 0 Å². The van der Waals surface area contributed by atoms with E-state index in [4.69, 9.17) is 0 Å². The Bertz CT molecular complexity index is 436. The first kappa shape index (κ1) is 10.1. The molecule has 0 amide bonds. The van der Waals surface area contributed by atoms with Gasteiger partial charge in [-0.25, -0.2) is 0 Å². The Morgan fingerprint density at radius 1 is 0.812 bits per heavy atom. The minimum atomic E-state index is 0.322. The molecule has 0 nitrogen and oxygen atoms in total. The van der Waals surface area contributed by atoms with E-state index in [1.54, 1.807) is 0 Å². The summed E-state index contributed by atoms with van der Waals surface area (Å²) in [6, 6.07) is 21.9. The number of rotatable bonds is 2. The molecule has 0 aliphatic carbocycles. The lowest BCUT2D eigenvalue weighted by atomic mass is 9.89. The summed E-state index contributed by atoms with van der Waals surface area (Å²) in [6.07, 6.45) is 0. The van der Waals surface area contributed by atoms with E-state index in [1.165, 1.54) is 11.1 Å². The van der Waals surface area contributed by atoms with Crippen molar-refractivity contribution in [1.29, 1.82) is 0 Å². The molecular weight excluding hydrogens is 211 g/mol. The first-order chi connectivity index (χ1) is 7.84. The van der Waals surface area contributed by atoms with Crippen LogP contribution in [-0.4, -0.2) is 5.66 Å². The van der Waals surface area contributed by atoms with E-state index in [0.29, 0.717) is 5.16 Å². The molecule has 16 heavy (non-hydrogen) atoms. The molecule has 1 heterocycles. The molecule has 0 N–H and O–H groups in total. The first-order valence-electron chi connectivity index (χ1n) is 5.73. The SMILES string of the molecule is CC1PC1(c1ccccc1)c1ccccc1. The molecule has 1 fully saturated rings. The van der Waals surface area contributed by atoms with Crippen molar-refractivity contribution in [3.63, 3.8) is 0 Å². The van der Waals surface area contributed by atoms with E-state index in [-0.39, 0.29) is 0 Å². The molecular formula is C15H15P. The Morgan fingerprint density at radius 3 is 1.50 bits per heavy atom. The monoisotopic (exact) mass is 226 g/mol. The van der Waals surface area contributed by atoms with Crippen LogP contribution in [0.1, 0.15) is 18.1 Å². The highest BCUT2D eigenvalue weighted by Crippen LogP contribution is 2.70. The van der Waals surface area contributed by atoms with Crippen LogP contribution >= 0.6 is 8.58 Å². The van der Waals surface area contributed by atoms with Crippen molar-refractivity contribution >= 4 is 8.58 Å². The molecule has 1 heteroatoms. The summed E-state index contributed by atoms with van der Waals surface area (Å²) < 4.78 is 0. The second-order valence-electron chi connectivity index (χ2n) is 4.41. The Hall–Kier alpha value is -1.13. The van der Waals surface area contributed by atoms with Gasteiger partial charge < -0.3 is 0 Å². The largest absolute Gasteiger partial charge is 0.101 e. The molecule has 0 bridgehead atoms. The van der Waals surface area contributed by atoms with Gasteiger partial charge in [0, 0.05) is 5.16 Å². The Morgan fingerprint density at radius 2 is 1.19 bits per heavy atom. The van der Waals surface area contributed by atoms with Crippen LogP contribution in [0.2, 0.25) is 0 Å². The van der Waals surface area contributed by atoms with Gasteiger partial charge in [0.15, 0.2) is 0 Å². The molecule has 2 aromatic carbocycles. The summed E-state index contributed by atoms with van der Waals surface area (Å²) in [4.78, 5) is 0. The Kier molecular flexibility index (Phi) is 2.33. The van der Waals surface area contributed by atoms with Gasteiger partial charge in [-0.1, -0.05) is 67.6 Å². The lowest BCUT2D eigenvalue weighted by Gasteiger charge is -2.17. The molecule has 0 spiro atoms. The fraction of sp³-hybridized carbons (Fsp3) is 0.200. The van der Waals surface area contributed by atoms with Crippen LogP contribution < -0.4 is 0 Å². The molecule has 0 saturated carbocycles. The van der Waals surface area contributed by atoms with E-state index in [1.807, 2.05) is 0 Å². The van der Waals surface area contributed by atoms with Crippen LogP contribution in [0.25, 0.3) is 0 Å². The minimum Gasteiger partial charge on any atom is -0.101 e. The van der Waals surface area contributed by atoms with Crippen LogP contribution in [0.15, 0.2) is 60.7 Å². The zero-order valence-electron chi connectivity index (χ0n) is 9.35. The quantitative estimate of drug-likeness (QED) is 0.679. The average Bonchev–Trinajstić information content (AvgIpc) is 3.05. The van der Waals surface area contributed by atoms with Crippen molar-refractivity contribution in [2.75, 3.05) is 0 Å². The fourth-order valence-electron chi connectivity index (χ4n) is 2.54. The molecule has 1 saturated heterocycles. The van der Waals surface area contributed by atoms with Gasteiger partial charge in [-0.3, -0.25) is 0 Å². The summed E-state index contributed by atoms with van der Waals surface area (Å²) in [6.45, 7) is 2.36. The minimum absolute atomic E-state index is 0.322. The van der Waals surface area contributed by atoms with Crippen molar-refractivity contribution < 1.29 is 0 Å². The van der Waals surface area contributed by atoms with Gasteiger partial charge in [0.2, 0.25) is 0 Å². The smallest absolute Gasteiger partial charge is 0.0438 e. The molecule has 0 radical (unpaired) electrons. The van der Waals surface area contributed by atoms with Gasteiger partial charge >= 0.3 is 0 Å². The van der Waals surface area contributed by atoms with E-state index >= 15 is 0 Å². The van der Waals surface area contributed by atoms with Gasteiger partial charge in [0.1, 0.15) is 0 Å². The van der Waals surface area contributed by atoms with Gasteiger partial charge in [0.05, 0.1) is 0 Å². The number of hydrogen-bond donors (Lipinski definition) is 0. The molecule has 3 rings (SSSR count). The number of benzene rings is 2. The molecule has 2 atom stereocenters. The van der Waals surface area contributed by atoms with Crippen molar-refractivity contribution in [3.8, 4) is 0 Å². The third-order valence-electron chi connectivity index (χ3n) is 3.47. The number of hydrogen-bond acceptors (Lipinski definition) is 0. The van der Waals surface area contributed by atoms with E-state index in [9.17, 15) is 0 Å². The molecule has 1 aliphatic rings. The highest BCUT2D eigenvalue weighted by Gasteiger charge is 2.53. The molecule has 1 aliphatic heterocycles.